The zero-order chi connectivity index (χ0) is 21.7. The molecule has 0 bridgehead atoms. The van der Waals surface area contributed by atoms with Crippen molar-refractivity contribution in [3.05, 3.63) is 0 Å². The van der Waals surface area contributed by atoms with Crippen molar-refractivity contribution in [2.75, 3.05) is 24.6 Å². The highest BCUT2D eigenvalue weighted by atomic mass is 32.1. The number of nitrogens with zero attached hydrogens (tertiary/aromatic N) is 1. The van der Waals surface area contributed by atoms with Gasteiger partial charge in [-0.2, -0.15) is 25.3 Å². The van der Waals surface area contributed by atoms with Crippen molar-refractivity contribution in [1.29, 1.82) is 0 Å². The molecule has 0 saturated heterocycles. The number of carbonyl (C=O) groups excluding carboxylic acids is 3. The Bertz CT molecular complexity index is 586. The summed E-state index contributed by atoms with van der Waals surface area (Å²) < 4.78 is 0. The van der Waals surface area contributed by atoms with E-state index in [1.54, 1.807) is 0 Å². The average molecular weight is 438 g/mol. The second kappa shape index (κ2) is 13.9. The van der Waals surface area contributed by atoms with Crippen LogP contribution in [0.2, 0.25) is 0 Å². The Kier molecular flexibility index (Phi) is 12.8. The molecule has 3 atom stereocenters. The molecular formula is C14H27N7O5S2. The van der Waals surface area contributed by atoms with Crippen molar-refractivity contribution in [2.24, 2.45) is 22.2 Å². The molecule has 0 heterocycles. The number of carboxylic acids is 1. The summed E-state index contributed by atoms with van der Waals surface area (Å²) in [6, 6.07) is -3.01. The lowest BCUT2D eigenvalue weighted by molar-refractivity contribution is -0.138. The van der Waals surface area contributed by atoms with Crippen LogP contribution in [0, 0.1) is 0 Å². The van der Waals surface area contributed by atoms with Crippen molar-refractivity contribution in [3.8, 4) is 0 Å². The summed E-state index contributed by atoms with van der Waals surface area (Å²) in [5.41, 5.74) is 16.0. The molecule has 160 valence electrons. The predicted molar refractivity (Wildman–Crippen MR) is 110 cm³/mol. The highest BCUT2D eigenvalue weighted by Gasteiger charge is 2.27. The topological polar surface area (TPSA) is 215 Å². The van der Waals surface area contributed by atoms with E-state index < -0.39 is 48.4 Å². The van der Waals surface area contributed by atoms with Crippen LogP contribution in [0.1, 0.15) is 12.8 Å². The Hall–Kier alpha value is -2.19. The lowest BCUT2D eigenvalue weighted by Crippen LogP contribution is -2.57. The van der Waals surface area contributed by atoms with E-state index in [1.165, 1.54) is 0 Å². The van der Waals surface area contributed by atoms with Gasteiger partial charge in [0.25, 0.3) is 0 Å². The number of rotatable bonds is 13. The lowest BCUT2D eigenvalue weighted by atomic mass is 10.1. The van der Waals surface area contributed by atoms with Crippen molar-refractivity contribution in [2.45, 2.75) is 31.0 Å². The molecule has 0 aromatic rings. The number of amides is 3. The first-order chi connectivity index (χ1) is 13.1. The number of aliphatic imine (C=N–C) groups is 1. The first kappa shape index (κ1) is 25.8. The minimum absolute atomic E-state index is 0.0473. The average Bonchev–Trinajstić information content (AvgIpc) is 2.64. The van der Waals surface area contributed by atoms with Crippen molar-refractivity contribution in [3.63, 3.8) is 0 Å². The number of hydrogen-bond donors (Lipinski definition) is 9. The minimum atomic E-state index is -1.24. The van der Waals surface area contributed by atoms with E-state index in [4.69, 9.17) is 22.3 Å². The molecule has 0 aliphatic rings. The Labute approximate surface area is 173 Å². The number of carboxylic acid groups (broad SMARTS) is 1. The second-order valence-corrected chi connectivity index (χ2v) is 6.38. The summed E-state index contributed by atoms with van der Waals surface area (Å²) in [6.45, 7) is -0.396. The maximum atomic E-state index is 12.4. The molecule has 3 unspecified atom stereocenters. The fourth-order valence-electron chi connectivity index (χ4n) is 1.89. The third-order valence-electron chi connectivity index (χ3n) is 3.34. The van der Waals surface area contributed by atoms with Crippen LogP contribution in [0.3, 0.4) is 0 Å². The number of nitrogens with two attached hydrogens (primary N) is 3. The van der Waals surface area contributed by atoms with Crippen LogP contribution in [0.15, 0.2) is 4.99 Å². The van der Waals surface area contributed by atoms with Gasteiger partial charge in [0.1, 0.15) is 18.6 Å². The van der Waals surface area contributed by atoms with E-state index in [0.29, 0.717) is 6.42 Å². The summed E-state index contributed by atoms with van der Waals surface area (Å²) >= 11 is 7.93. The van der Waals surface area contributed by atoms with Crippen LogP contribution in [-0.4, -0.2) is 77.5 Å². The Morgan fingerprint density at radius 3 is 2.07 bits per heavy atom. The summed E-state index contributed by atoms with van der Waals surface area (Å²) in [6.07, 6.45) is 0.475. The van der Waals surface area contributed by atoms with E-state index in [0.717, 1.165) is 0 Å². The second-order valence-electron chi connectivity index (χ2n) is 5.65. The Balaban J connectivity index is 5.01. The van der Waals surface area contributed by atoms with Crippen molar-refractivity contribution in [1.82, 2.24) is 16.0 Å². The first-order valence-electron chi connectivity index (χ1n) is 8.25. The van der Waals surface area contributed by atoms with Gasteiger partial charge in [0, 0.05) is 18.1 Å². The monoisotopic (exact) mass is 437 g/mol. The fourth-order valence-corrected chi connectivity index (χ4v) is 2.31. The SMILES string of the molecule is NC(N)=NCCCC(NC(=O)C(CS)NC(=O)C(N)CS)C(=O)NCC(=O)O. The molecular weight excluding hydrogens is 410 g/mol. The molecule has 28 heavy (non-hydrogen) atoms. The molecule has 3 amide bonds. The van der Waals surface area contributed by atoms with Gasteiger partial charge in [0.05, 0.1) is 6.04 Å². The molecule has 10 N–H and O–H groups in total. The summed E-state index contributed by atoms with van der Waals surface area (Å²) in [5.74, 6) is -3.28. The predicted octanol–water partition coefficient (Wildman–Crippen LogP) is -3.60. The van der Waals surface area contributed by atoms with E-state index in [-0.39, 0.29) is 30.4 Å². The molecule has 0 rings (SSSR count). The van der Waals surface area contributed by atoms with Gasteiger partial charge < -0.3 is 38.3 Å². The molecule has 0 radical (unpaired) electrons. The maximum absolute atomic E-state index is 12.4. The number of carbonyl (C=O) groups is 4. The van der Waals surface area contributed by atoms with Crippen molar-refractivity contribution >= 4 is 54.9 Å². The smallest absolute Gasteiger partial charge is 0.322 e. The lowest BCUT2D eigenvalue weighted by Gasteiger charge is -2.22. The molecule has 0 aromatic heterocycles. The van der Waals surface area contributed by atoms with E-state index >= 15 is 0 Å². The molecule has 0 aliphatic heterocycles. The number of guanidine groups is 1. The summed E-state index contributed by atoms with van der Waals surface area (Å²) in [5, 5.41) is 15.7. The fraction of sp³-hybridized carbons (Fsp3) is 0.643. The van der Waals surface area contributed by atoms with Crippen LogP contribution in [0.5, 0.6) is 0 Å². The van der Waals surface area contributed by atoms with Crippen LogP contribution >= 0.6 is 25.3 Å². The molecule has 0 saturated carbocycles. The molecule has 14 heteroatoms. The highest BCUT2D eigenvalue weighted by Crippen LogP contribution is 2.01. The van der Waals surface area contributed by atoms with E-state index in [2.05, 4.69) is 46.2 Å². The quantitative estimate of drug-likeness (QED) is 0.0605. The summed E-state index contributed by atoms with van der Waals surface area (Å²) in [4.78, 5) is 50.8. The zero-order valence-electron chi connectivity index (χ0n) is 15.1. The highest BCUT2D eigenvalue weighted by molar-refractivity contribution is 7.80. The summed E-state index contributed by atoms with van der Waals surface area (Å²) in [7, 11) is 0. The van der Waals surface area contributed by atoms with Gasteiger partial charge in [-0.25, -0.2) is 0 Å². The van der Waals surface area contributed by atoms with E-state index in [9.17, 15) is 19.2 Å². The number of hydrogen-bond acceptors (Lipinski definition) is 8. The Morgan fingerprint density at radius 2 is 1.57 bits per heavy atom. The van der Waals surface area contributed by atoms with Gasteiger partial charge in [-0.1, -0.05) is 0 Å². The standard InChI is InChI=1S/C14H27N7O5S2/c15-7(5-27)11(24)21-9(6-28)13(26)20-8(2-1-3-18-14(16)17)12(25)19-4-10(22)23/h7-9,27-28H,1-6,15H2,(H,19,25)(H,20,26)(H,21,24)(H,22,23)(H4,16,17,18). The normalized spacial score (nSPS) is 13.5. The number of aliphatic carboxylic acids is 1. The first-order valence-corrected chi connectivity index (χ1v) is 9.51. The molecule has 0 spiro atoms. The van der Waals surface area contributed by atoms with Crippen molar-refractivity contribution < 1.29 is 24.3 Å². The van der Waals surface area contributed by atoms with Crippen LogP contribution in [0.25, 0.3) is 0 Å². The van der Waals surface area contributed by atoms with Gasteiger partial charge in [-0.15, -0.1) is 0 Å². The number of thiol groups is 2. The van der Waals surface area contributed by atoms with Gasteiger partial charge in [-0.3, -0.25) is 24.2 Å². The molecule has 12 nitrogen and oxygen atoms in total. The molecule has 0 aliphatic carbocycles. The maximum Gasteiger partial charge on any atom is 0.322 e. The van der Waals surface area contributed by atoms with Crippen LogP contribution < -0.4 is 33.2 Å². The molecule has 0 aromatic carbocycles. The minimum Gasteiger partial charge on any atom is -0.480 e. The van der Waals surface area contributed by atoms with E-state index in [1.807, 2.05) is 0 Å². The largest absolute Gasteiger partial charge is 0.480 e. The van der Waals surface area contributed by atoms with Crippen LogP contribution in [0.4, 0.5) is 0 Å². The van der Waals surface area contributed by atoms with Gasteiger partial charge in [-0.05, 0) is 12.8 Å². The van der Waals surface area contributed by atoms with Gasteiger partial charge in [0.2, 0.25) is 17.7 Å². The Morgan fingerprint density at radius 1 is 0.964 bits per heavy atom. The van der Waals surface area contributed by atoms with Gasteiger partial charge >= 0.3 is 5.97 Å². The third-order valence-corrected chi connectivity index (χ3v) is 4.10. The third kappa shape index (κ3) is 10.8. The van der Waals surface area contributed by atoms with Gasteiger partial charge in [0.15, 0.2) is 5.96 Å². The zero-order valence-corrected chi connectivity index (χ0v) is 16.9. The van der Waals surface area contributed by atoms with Crippen LogP contribution in [-0.2, 0) is 19.2 Å². The molecule has 0 fully saturated rings. The number of nitrogens with one attached hydrogen (secondary N) is 3.